The van der Waals surface area contributed by atoms with Crippen molar-refractivity contribution in [3.05, 3.63) is 30.1 Å². The van der Waals surface area contributed by atoms with Crippen LogP contribution in [0.1, 0.15) is 37.7 Å². The van der Waals surface area contributed by atoms with Crippen molar-refractivity contribution >= 4 is 12.3 Å². The molecule has 0 aromatic carbocycles. The van der Waals surface area contributed by atoms with Crippen LogP contribution in [0.25, 0.3) is 12.3 Å². The largest absolute Gasteiger partial charge is 0.241 e. The van der Waals surface area contributed by atoms with E-state index in [2.05, 4.69) is 32.1 Å². The maximum absolute atomic E-state index is 4.34. The van der Waals surface area contributed by atoms with E-state index in [1.165, 1.54) is 5.56 Å². The Hall–Kier alpha value is -1.31. The third-order valence-corrected chi connectivity index (χ3v) is 1.99. The molecule has 0 saturated carbocycles. The summed E-state index contributed by atoms with van der Waals surface area (Å²) in [5.41, 5.74) is 3.36. The molecule has 1 aromatic heterocycles. The summed E-state index contributed by atoms with van der Waals surface area (Å²) in [4.78, 5) is 0. The number of hydrogen-bond acceptors (Lipinski definition) is 1. The Morgan fingerprint density at radius 3 is 2.21 bits per heavy atom. The van der Waals surface area contributed by atoms with Gasteiger partial charge in [-0.05, 0) is 25.0 Å². The zero-order valence-corrected chi connectivity index (χ0v) is 9.67. The van der Waals surface area contributed by atoms with Crippen LogP contribution in [0, 0.1) is 6.92 Å². The molecule has 1 heterocycles. The van der Waals surface area contributed by atoms with Crippen LogP contribution >= 0.6 is 0 Å². The Labute approximate surface area is 86.9 Å². The summed E-state index contributed by atoms with van der Waals surface area (Å²) >= 11 is 0. The Bertz CT molecular complexity index is 308. The standard InChI is InChI=1S/C10H14N2.C2H6/c1-5-9-8(4)10(6-2)12(7-3)11-9;1-2/h6-7H,2-3,5H2,1,4H3;1-2H3. The van der Waals surface area contributed by atoms with Gasteiger partial charge in [-0.2, -0.15) is 5.10 Å². The lowest BCUT2D eigenvalue weighted by Crippen LogP contribution is -1.91. The van der Waals surface area contributed by atoms with Crippen molar-refractivity contribution in [1.29, 1.82) is 0 Å². The highest BCUT2D eigenvalue weighted by Gasteiger charge is 2.07. The first-order valence-electron chi connectivity index (χ1n) is 5.07. The minimum Gasteiger partial charge on any atom is -0.241 e. The van der Waals surface area contributed by atoms with Crippen LogP contribution in [0.15, 0.2) is 13.2 Å². The summed E-state index contributed by atoms with van der Waals surface area (Å²) in [6.07, 6.45) is 4.46. The highest BCUT2D eigenvalue weighted by atomic mass is 15.3. The van der Waals surface area contributed by atoms with E-state index in [1.807, 2.05) is 19.9 Å². The van der Waals surface area contributed by atoms with E-state index in [9.17, 15) is 0 Å². The third-order valence-electron chi connectivity index (χ3n) is 1.99. The molecule has 0 atom stereocenters. The maximum Gasteiger partial charge on any atom is 0.0687 e. The minimum absolute atomic E-state index is 0.952. The summed E-state index contributed by atoms with van der Waals surface area (Å²) < 4.78 is 1.77. The van der Waals surface area contributed by atoms with Gasteiger partial charge in [-0.3, -0.25) is 0 Å². The molecule has 0 amide bonds. The molecule has 0 aliphatic heterocycles. The van der Waals surface area contributed by atoms with E-state index in [4.69, 9.17) is 0 Å². The van der Waals surface area contributed by atoms with Gasteiger partial charge in [-0.1, -0.05) is 33.9 Å². The minimum atomic E-state index is 0.952. The first kappa shape index (κ1) is 12.7. The van der Waals surface area contributed by atoms with Gasteiger partial charge in [-0.15, -0.1) is 0 Å². The van der Waals surface area contributed by atoms with Gasteiger partial charge in [0.1, 0.15) is 0 Å². The molecule has 0 fully saturated rings. The smallest absolute Gasteiger partial charge is 0.0687 e. The average molecular weight is 192 g/mol. The lowest BCUT2D eigenvalue weighted by molar-refractivity contribution is 0.876. The third kappa shape index (κ3) is 2.34. The Morgan fingerprint density at radius 1 is 1.36 bits per heavy atom. The molecule has 0 aliphatic carbocycles. The maximum atomic E-state index is 4.34. The molecule has 0 spiro atoms. The molecule has 1 aromatic rings. The molecule has 0 unspecified atom stereocenters. The van der Waals surface area contributed by atoms with Crippen LogP contribution in [-0.4, -0.2) is 9.78 Å². The van der Waals surface area contributed by atoms with E-state index >= 15 is 0 Å². The number of hydrogen-bond donors (Lipinski definition) is 0. The fourth-order valence-corrected chi connectivity index (χ4v) is 1.30. The second-order valence-electron chi connectivity index (χ2n) is 2.64. The molecule has 2 nitrogen and oxygen atoms in total. The number of aromatic nitrogens is 2. The SMILES string of the molecule is C=Cc1c(C)c(CC)nn1C=C.CC. The molecule has 2 heteroatoms. The van der Waals surface area contributed by atoms with Gasteiger partial charge in [0, 0.05) is 6.20 Å². The molecule has 78 valence electrons. The zero-order chi connectivity index (χ0) is 11.1. The van der Waals surface area contributed by atoms with Crippen molar-refractivity contribution < 1.29 is 0 Å². The topological polar surface area (TPSA) is 17.8 Å². The van der Waals surface area contributed by atoms with Gasteiger partial charge >= 0.3 is 0 Å². The van der Waals surface area contributed by atoms with Crippen LogP contribution < -0.4 is 0 Å². The van der Waals surface area contributed by atoms with Crippen molar-refractivity contribution in [3.8, 4) is 0 Å². The second-order valence-corrected chi connectivity index (χ2v) is 2.64. The lowest BCUT2D eigenvalue weighted by Gasteiger charge is -1.94. The van der Waals surface area contributed by atoms with Crippen molar-refractivity contribution in [2.45, 2.75) is 34.1 Å². The molecule has 0 bridgehead atoms. The fraction of sp³-hybridized carbons (Fsp3) is 0.417. The Balaban J connectivity index is 0.000000791. The van der Waals surface area contributed by atoms with Crippen molar-refractivity contribution in [2.24, 2.45) is 0 Å². The molecule has 14 heavy (non-hydrogen) atoms. The predicted octanol–water partition coefficient (Wildman–Crippen LogP) is 3.52. The average Bonchev–Trinajstić information content (AvgIpc) is 2.57. The van der Waals surface area contributed by atoms with Crippen molar-refractivity contribution in [1.82, 2.24) is 9.78 Å². The first-order chi connectivity index (χ1) is 6.74. The normalized spacial score (nSPS) is 8.86. The summed E-state index contributed by atoms with van der Waals surface area (Å²) in [5.74, 6) is 0. The number of aryl methyl sites for hydroxylation is 1. The molecular formula is C12H20N2. The monoisotopic (exact) mass is 192 g/mol. The summed E-state index contributed by atoms with van der Waals surface area (Å²) in [6.45, 7) is 15.6. The molecule has 0 saturated heterocycles. The van der Waals surface area contributed by atoms with Crippen molar-refractivity contribution in [2.75, 3.05) is 0 Å². The van der Waals surface area contributed by atoms with Gasteiger partial charge in [-0.25, -0.2) is 4.68 Å². The van der Waals surface area contributed by atoms with E-state index in [1.54, 1.807) is 10.9 Å². The highest BCUT2D eigenvalue weighted by molar-refractivity contribution is 5.51. The molecule has 1 rings (SSSR count). The van der Waals surface area contributed by atoms with E-state index < -0.39 is 0 Å². The van der Waals surface area contributed by atoms with E-state index in [0.717, 1.165) is 17.8 Å². The quantitative estimate of drug-likeness (QED) is 0.716. The van der Waals surface area contributed by atoms with Crippen LogP contribution in [0.5, 0.6) is 0 Å². The molecule has 0 radical (unpaired) electrons. The molecule has 0 N–H and O–H groups in total. The highest BCUT2D eigenvalue weighted by Crippen LogP contribution is 2.14. The Kier molecular flexibility index (Phi) is 5.61. The second kappa shape index (κ2) is 6.19. The van der Waals surface area contributed by atoms with E-state index in [-0.39, 0.29) is 0 Å². The number of rotatable bonds is 3. The van der Waals surface area contributed by atoms with Gasteiger partial charge in [0.2, 0.25) is 0 Å². The predicted molar refractivity (Wildman–Crippen MR) is 64.2 cm³/mol. The van der Waals surface area contributed by atoms with Crippen LogP contribution in [0.2, 0.25) is 0 Å². The summed E-state index contributed by atoms with van der Waals surface area (Å²) in [5, 5.41) is 4.34. The number of nitrogens with zero attached hydrogens (tertiary/aromatic N) is 2. The molecule has 0 aliphatic rings. The van der Waals surface area contributed by atoms with Crippen molar-refractivity contribution in [3.63, 3.8) is 0 Å². The van der Waals surface area contributed by atoms with Gasteiger partial charge in [0.05, 0.1) is 11.4 Å². The van der Waals surface area contributed by atoms with Gasteiger partial charge in [0.25, 0.3) is 0 Å². The van der Waals surface area contributed by atoms with Crippen LogP contribution in [0.4, 0.5) is 0 Å². The van der Waals surface area contributed by atoms with Crippen LogP contribution in [0.3, 0.4) is 0 Å². The molecular weight excluding hydrogens is 172 g/mol. The van der Waals surface area contributed by atoms with Crippen LogP contribution in [-0.2, 0) is 6.42 Å². The first-order valence-corrected chi connectivity index (χ1v) is 5.07. The zero-order valence-electron chi connectivity index (χ0n) is 9.67. The lowest BCUT2D eigenvalue weighted by atomic mass is 10.2. The summed E-state index contributed by atoms with van der Waals surface area (Å²) in [7, 11) is 0. The van der Waals surface area contributed by atoms with Gasteiger partial charge < -0.3 is 0 Å². The fourth-order valence-electron chi connectivity index (χ4n) is 1.30. The van der Waals surface area contributed by atoms with Gasteiger partial charge in [0.15, 0.2) is 0 Å². The van der Waals surface area contributed by atoms with E-state index in [0.29, 0.717) is 0 Å². The summed E-state index contributed by atoms with van der Waals surface area (Å²) in [6, 6.07) is 0. The Morgan fingerprint density at radius 2 is 1.93 bits per heavy atom.